The van der Waals surface area contributed by atoms with Crippen LogP contribution in [0.2, 0.25) is 5.02 Å². The first-order valence-corrected chi connectivity index (χ1v) is 9.41. The Morgan fingerprint density at radius 1 is 1.17 bits per heavy atom. The van der Waals surface area contributed by atoms with Crippen LogP contribution in [-0.4, -0.2) is 46.2 Å². The van der Waals surface area contributed by atoms with Crippen LogP contribution in [0.3, 0.4) is 0 Å². The van der Waals surface area contributed by atoms with Crippen LogP contribution in [0.4, 0.5) is 4.79 Å². The Morgan fingerprint density at radius 3 is 2.57 bits per heavy atom. The zero-order valence-electron chi connectivity index (χ0n) is 16.2. The maximum absolute atomic E-state index is 13.1. The lowest BCUT2D eigenvalue weighted by Gasteiger charge is -2.10. The van der Waals surface area contributed by atoms with E-state index in [4.69, 9.17) is 11.6 Å². The lowest BCUT2D eigenvalue weighted by Crippen LogP contribution is -2.40. The van der Waals surface area contributed by atoms with Gasteiger partial charge in [-0.1, -0.05) is 11.6 Å². The molecule has 0 aliphatic heterocycles. The van der Waals surface area contributed by atoms with Gasteiger partial charge in [-0.2, -0.15) is 0 Å². The highest BCUT2D eigenvalue weighted by atomic mass is 35.5. The molecule has 0 saturated heterocycles. The highest BCUT2D eigenvalue weighted by Gasteiger charge is 2.21. The molecule has 0 spiro atoms. The average molecular weight is 432 g/mol. The molecule has 11 heteroatoms. The van der Waals surface area contributed by atoms with Crippen molar-refractivity contribution in [1.29, 1.82) is 0 Å². The quantitative estimate of drug-likeness (QED) is 0.499. The smallest absolute Gasteiger partial charge is 0.416 e. The number of aliphatic hydroxyl groups is 1. The van der Waals surface area contributed by atoms with Gasteiger partial charge >= 0.3 is 11.8 Å². The van der Waals surface area contributed by atoms with E-state index in [1.807, 2.05) is 0 Å². The van der Waals surface area contributed by atoms with Crippen LogP contribution in [0.1, 0.15) is 11.5 Å². The SMILES string of the molecule is Cn1c(CCO)nc2c1c(=O)n(Cc1cc3cc(Cl)ccc3n1C(=O)O)c(=O)n2C. The van der Waals surface area contributed by atoms with Crippen LogP contribution < -0.4 is 11.2 Å². The molecule has 0 aliphatic rings. The second-order valence-corrected chi connectivity index (χ2v) is 7.36. The third kappa shape index (κ3) is 2.92. The molecule has 3 heterocycles. The number of carbonyl (C=O) groups is 1. The van der Waals surface area contributed by atoms with E-state index in [-0.39, 0.29) is 36.4 Å². The molecule has 2 N–H and O–H groups in total. The van der Waals surface area contributed by atoms with Crippen molar-refractivity contribution < 1.29 is 15.0 Å². The van der Waals surface area contributed by atoms with Gasteiger partial charge in [0.1, 0.15) is 5.82 Å². The number of hydrogen-bond donors (Lipinski definition) is 2. The van der Waals surface area contributed by atoms with Crippen molar-refractivity contribution in [3.05, 3.63) is 61.6 Å². The Labute approximate surface area is 173 Å². The minimum atomic E-state index is -1.24. The normalized spacial score (nSPS) is 11.6. The largest absolute Gasteiger partial charge is 0.464 e. The summed E-state index contributed by atoms with van der Waals surface area (Å²) in [7, 11) is 3.12. The van der Waals surface area contributed by atoms with Gasteiger partial charge in [0.25, 0.3) is 5.56 Å². The highest BCUT2D eigenvalue weighted by molar-refractivity contribution is 6.31. The Bertz CT molecular complexity index is 1440. The van der Waals surface area contributed by atoms with Gasteiger partial charge in [-0.25, -0.2) is 19.1 Å². The molecule has 10 nitrogen and oxygen atoms in total. The first-order valence-electron chi connectivity index (χ1n) is 9.03. The van der Waals surface area contributed by atoms with Crippen molar-refractivity contribution in [2.24, 2.45) is 14.1 Å². The molecule has 156 valence electrons. The van der Waals surface area contributed by atoms with Crippen LogP contribution in [0.25, 0.3) is 22.1 Å². The summed E-state index contributed by atoms with van der Waals surface area (Å²) < 4.78 is 4.78. The third-order valence-electron chi connectivity index (χ3n) is 5.14. The van der Waals surface area contributed by atoms with Crippen LogP contribution >= 0.6 is 11.6 Å². The van der Waals surface area contributed by atoms with E-state index in [2.05, 4.69) is 4.98 Å². The maximum Gasteiger partial charge on any atom is 0.416 e. The molecule has 4 aromatic rings. The van der Waals surface area contributed by atoms with Crippen molar-refractivity contribution in [3.63, 3.8) is 0 Å². The number of rotatable bonds is 4. The van der Waals surface area contributed by atoms with E-state index in [1.54, 1.807) is 31.3 Å². The van der Waals surface area contributed by atoms with Gasteiger partial charge in [0, 0.05) is 30.9 Å². The molecular formula is C19H18ClN5O5. The monoisotopic (exact) mass is 431 g/mol. The molecule has 0 amide bonds. The fourth-order valence-electron chi connectivity index (χ4n) is 3.70. The number of aryl methyl sites for hydroxylation is 2. The van der Waals surface area contributed by atoms with E-state index in [9.17, 15) is 24.6 Å². The summed E-state index contributed by atoms with van der Waals surface area (Å²) >= 11 is 6.01. The topological polar surface area (TPSA) is 124 Å². The van der Waals surface area contributed by atoms with Crippen LogP contribution in [0, 0.1) is 0 Å². The van der Waals surface area contributed by atoms with Crippen molar-refractivity contribution in [2.75, 3.05) is 6.61 Å². The molecule has 0 radical (unpaired) electrons. The van der Waals surface area contributed by atoms with E-state index >= 15 is 0 Å². The van der Waals surface area contributed by atoms with Gasteiger partial charge in [0.2, 0.25) is 0 Å². The van der Waals surface area contributed by atoms with Crippen molar-refractivity contribution in [3.8, 4) is 0 Å². The second kappa shape index (κ2) is 7.15. The second-order valence-electron chi connectivity index (χ2n) is 6.92. The predicted molar refractivity (Wildman–Crippen MR) is 110 cm³/mol. The van der Waals surface area contributed by atoms with Gasteiger partial charge in [-0.05, 0) is 24.3 Å². The summed E-state index contributed by atoms with van der Waals surface area (Å²) in [5.41, 5.74) is -0.164. The predicted octanol–water partition coefficient (Wildman–Crippen LogP) is 1.15. The zero-order valence-corrected chi connectivity index (χ0v) is 16.9. The fourth-order valence-corrected chi connectivity index (χ4v) is 3.88. The first kappa shape index (κ1) is 19.9. The number of carboxylic acid groups (broad SMARTS) is 1. The molecule has 30 heavy (non-hydrogen) atoms. The number of aromatic nitrogens is 5. The summed E-state index contributed by atoms with van der Waals surface area (Å²) in [6.07, 6.45) is -1.01. The van der Waals surface area contributed by atoms with Crippen LogP contribution in [-0.2, 0) is 27.1 Å². The van der Waals surface area contributed by atoms with Gasteiger partial charge < -0.3 is 14.8 Å². The Kier molecular flexibility index (Phi) is 4.75. The lowest BCUT2D eigenvalue weighted by atomic mass is 10.2. The molecule has 0 fully saturated rings. The van der Waals surface area contributed by atoms with E-state index < -0.39 is 17.3 Å². The standard InChI is InChI=1S/C19H18ClN5O5/c1-22-14(5-6-26)21-16-15(22)17(27)24(18(28)23(16)2)9-12-8-10-7-11(20)3-4-13(10)25(12)19(29)30/h3-4,7-8,26H,5-6,9H2,1-2H3,(H,29,30). The van der Waals surface area contributed by atoms with Crippen molar-refractivity contribution in [2.45, 2.75) is 13.0 Å². The minimum Gasteiger partial charge on any atom is -0.464 e. The van der Waals surface area contributed by atoms with E-state index in [0.29, 0.717) is 21.7 Å². The third-order valence-corrected chi connectivity index (χ3v) is 5.37. The molecule has 0 aliphatic carbocycles. The summed E-state index contributed by atoms with van der Waals surface area (Å²) in [5.74, 6) is 0.464. The van der Waals surface area contributed by atoms with Gasteiger partial charge in [0.15, 0.2) is 11.2 Å². The van der Waals surface area contributed by atoms with E-state index in [1.165, 1.54) is 16.2 Å². The van der Waals surface area contributed by atoms with Crippen molar-refractivity contribution in [1.82, 2.24) is 23.3 Å². The molecular weight excluding hydrogens is 414 g/mol. The Balaban J connectivity index is 1.96. The van der Waals surface area contributed by atoms with Gasteiger partial charge in [-0.15, -0.1) is 0 Å². The fraction of sp³-hybridized carbons (Fsp3) is 0.263. The van der Waals surface area contributed by atoms with Crippen LogP contribution in [0.15, 0.2) is 33.9 Å². The maximum atomic E-state index is 13.1. The molecule has 3 aromatic heterocycles. The number of aliphatic hydroxyl groups excluding tert-OH is 1. The zero-order chi connectivity index (χ0) is 21.7. The molecule has 4 rings (SSSR count). The molecule has 0 saturated carbocycles. The van der Waals surface area contributed by atoms with Gasteiger partial charge in [0.05, 0.1) is 24.4 Å². The number of halogens is 1. The number of nitrogens with zero attached hydrogens (tertiary/aromatic N) is 5. The summed E-state index contributed by atoms with van der Waals surface area (Å²) in [6, 6.07) is 6.35. The molecule has 1 aromatic carbocycles. The van der Waals surface area contributed by atoms with Crippen LogP contribution in [0.5, 0.6) is 0 Å². The lowest BCUT2D eigenvalue weighted by molar-refractivity contribution is 0.196. The van der Waals surface area contributed by atoms with Gasteiger partial charge in [-0.3, -0.25) is 13.9 Å². The number of hydrogen-bond acceptors (Lipinski definition) is 5. The van der Waals surface area contributed by atoms with E-state index in [0.717, 1.165) is 9.13 Å². The summed E-state index contributed by atoms with van der Waals surface area (Å²) in [4.78, 5) is 42.2. The molecule has 0 atom stereocenters. The highest BCUT2D eigenvalue weighted by Crippen LogP contribution is 2.24. The minimum absolute atomic E-state index is 0.152. The summed E-state index contributed by atoms with van der Waals surface area (Å²) in [5, 5.41) is 19.9. The Morgan fingerprint density at radius 2 is 1.90 bits per heavy atom. The Hall–Kier alpha value is -3.37. The average Bonchev–Trinajstić information content (AvgIpc) is 3.21. The first-order chi connectivity index (χ1) is 14.2. The van der Waals surface area contributed by atoms with Crippen molar-refractivity contribution >= 4 is 39.8 Å². The molecule has 0 bridgehead atoms. The summed E-state index contributed by atoms with van der Waals surface area (Å²) in [6.45, 7) is -0.402. The number of benzene rings is 1. The number of imidazole rings is 1. The molecule has 0 unspecified atom stereocenters. The number of fused-ring (bicyclic) bond motifs is 2.